The Kier molecular flexibility index (Phi) is 8.61. The molecule has 3 aromatic rings. The lowest BCUT2D eigenvalue weighted by Crippen LogP contribution is -2.34. The average molecular weight is 446 g/mol. The van der Waals surface area contributed by atoms with Crippen molar-refractivity contribution in [1.82, 2.24) is 10.2 Å². The van der Waals surface area contributed by atoms with E-state index >= 15 is 0 Å². The molecular formula is C27H31N3O3. The molecule has 0 radical (unpaired) electrons. The molecule has 33 heavy (non-hydrogen) atoms. The van der Waals surface area contributed by atoms with Crippen LogP contribution in [0.25, 0.3) is 0 Å². The molecule has 0 heterocycles. The first kappa shape index (κ1) is 24.0. The molecular weight excluding hydrogens is 414 g/mol. The highest BCUT2D eigenvalue weighted by atomic mass is 16.3. The maximum atomic E-state index is 13.3. The molecule has 3 rings (SSSR count). The van der Waals surface area contributed by atoms with Gasteiger partial charge in [0.05, 0.1) is 6.42 Å². The number of amides is 2. The lowest BCUT2D eigenvalue weighted by atomic mass is 10.1. The molecule has 0 aromatic heterocycles. The zero-order valence-electron chi connectivity index (χ0n) is 19.2. The summed E-state index contributed by atoms with van der Waals surface area (Å²) in [6, 6.07) is 23.1. The van der Waals surface area contributed by atoms with Gasteiger partial charge in [0.15, 0.2) is 0 Å². The summed E-state index contributed by atoms with van der Waals surface area (Å²) in [6.45, 7) is 7.49. The standard InChI is InChI=1S/C27H31N3O3/c1-3-29(4-2)19-18-28-27(33)22-10-12-23(13-11-22)30(24-14-16-25(31)17-15-24)26(32)20-21-8-6-5-7-9-21/h5-17,31H,3-4,18-20H2,1-2H3,(H,28,33). The molecule has 0 aliphatic heterocycles. The van der Waals surface area contributed by atoms with Gasteiger partial charge in [-0.2, -0.15) is 0 Å². The van der Waals surface area contributed by atoms with Crippen molar-refractivity contribution >= 4 is 23.2 Å². The van der Waals surface area contributed by atoms with E-state index in [4.69, 9.17) is 0 Å². The lowest BCUT2D eigenvalue weighted by Gasteiger charge is -2.23. The van der Waals surface area contributed by atoms with Gasteiger partial charge in [0.25, 0.3) is 5.91 Å². The monoisotopic (exact) mass is 445 g/mol. The number of hydrogen-bond donors (Lipinski definition) is 2. The normalized spacial score (nSPS) is 10.8. The number of carbonyl (C=O) groups excluding carboxylic acids is 2. The summed E-state index contributed by atoms with van der Waals surface area (Å²) in [6.07, 6.45) is 0.231. The van der Waals surface area contributed by atoms with Gasteiger partial charge in [-0.25, -0.2) is 0 Å². The van der Waals surface area contributed by atoms with Crippen LogP contribution < -0.4 is 10.2 Å². The highest BCUT2D eigenvalue weighted by Crippen LogP contribution is 2.28. The fourth-order valence-corrected chi connectivity index (χ4v) is 3.62. The zero-order valence-corrected chi connectivity index (χ0v) is 19.2. The molecule has 6 nitrogen and oxygen atoms in total. The summed E-state index contributed by atoms with van der Waals surface area (Å²) in [5.41, 5.74) is 2.75. The van der Waals surface area contributed by atoms with E-state index in [1.807, 2.05) is 30.3 Å². The van der Waals surface area contributed by atoms with Crippen LogP contribution in [0, 0.1) is 0 Å². The summed E-state index contributed by atoms with van der Waals surface area (Å²) in [5, 5.41) is 12.6. The molecule has 0 saturated carbocycles. The highest BCUT2D eigenvalue weighted by Gasteiger charge is 2.19. The van der Waals surface area contributed by atoms with Crippen molar-refractivity contribution in [3.8, 4) is 5.75 Å². The number of nitrogens with zero attached hydrogens (tertiary/aromatic N) is 2. The van der Waals surface area contributed by atoms with Crippen molar-refractivity contribution in [2.24, 2.45) is 0 Å². The van der Waals surface area contributed by atoms with Crippen LogP contribution in [0.4, 0.5) is 11.4 Å². The van der Waals surface area contributed by atoms with Crippen molar-refractivity contribution in [1.29, 1.82) is 0 Å². The minimum absolute atomic E-state index is 0.108. The maximum Gasteiger partial charge on any atom is 0.251 e. The van der Waals surface area contributed by atoms with E-state index in [9.17, 15) is 14.7 Å². The molecule has 0 aliphatic carbocycles. The van der Waals surface area contributed by atoms with E-state index in [0.29, 0.717) is 23.5 Å². The van der Waals surface area contributed by atoms with Gasteiger partial charge in [0.1, 0.15) is 5.75 Å². The summed E-state index contributed by atoms with van der Waals surface area (Å²) in [4.78, 5) is 29.6. The third-order valence-electron chi connectivity index (χ3n) is 5.55. The Balaban J connectivity index is 1.77. The maximum absolute atomic E-state index is 13.3. The topological polar surface area (TPSA) is 72.9 Å². The summed E-state index contributed by atoms with van der Waals surface area (Å²) < 4.78 is 0. The Morgan fingerprint density at radius 2 is 1.39 bits per heavy atom. The molecule has 0 unspecified atom stereocenters. The third-order valence-corrected chi connectivity index (χ3v) is 5.55. The first-order valence-corrected chi connectivity index (χ1v) is 11.3. The van der Waals surface area contributed by atoms with E-state index in [1.165, 1.54) is 0 Å². The Hall–Kier alpha value is -3.64. The van der Waals surface area contributed by atoms with E-state index in [1.54, 1.807) is 53.4 Å². The van der Waals surface area contributed by atoms with Crippen molar-refractivity contribution in [2.75, 3.05) is 31.1 Å². The molecule has 0 atom stereocenters. The van der Waals surface area contributed by atoms with Gasteiger partial charge in [-0.1, -0.05) is 44.2 Å². The number of benzene rings is 3. The number of nitrogens with one attached hydrogen (secondary N) is 1. The van der Waals surface area contributed by atoms with E-state index in [0.717, 1.165) is 25.2 Å². The molecule has 2 amide bonds. The van der Waals surface area contributed by atoms with Crippen molar-refractivity contribution < 1.29 is 14.7 Å². The Morgan fingerprint density at radius 1 is 0.818 bits per heavy atom. The van der Waals surface area contributed by atoms with Crippen LogP contribution in [0.3, 0.4) is 0 Å². The van der Waals surface area contributed by atoms with Crippen LogP contribution in [0.5, 0.6) is 5.75 Å². The number of carbonyl (C=O) groups is 2. The number of phenols is 1. The predicted octanol–water partition coefficient (Wildman–Crippen LogP) is 4.37. The second kappa shape index (κ2) is 11.8. The van der Waals surface area contributed by atoms with Gasteiger partial charge in [-0.05, 0) is 67.2 Å². The number of rotatable bonds is 10. The van der Waals surface area contributed by atoms with Gasteiger partial charge in [0, 0.05) is 30.0 Å². The fourth-order valence-electron chi connectivity index (χ4n) is 3.62. The molecule has 0 fully saturated rings. The molecule has 2 N–H and O–H groups in total. The highest BCUT2D eigenvalue weighted by molar-refractivity contribution is 6.02. The number of phenolic OH excluding ortho intramolecular Hbond substituents is 1. The van der Waals surface area contributed by atoms with Gasteiger partial charge in [-0.3, -0.25) is 14.5 Å². The minimum atomic E-state index is -0.138. The van der Waals surface area contributed by atoms with E-state index < -0.39 is 0 Å². The van der Waals surface area contributed by atoms with Crippen LogP contribution in [0.15, 0.2) is 78.9 Å². The average Bonchev–Trinajstić information content (AvgIpc) is 2.84. The largest absolute Gasteiger partial charge is 0.508 e. The SMILES string of the molecule is CCN(CC)CCNC(=O)c1ccc(N(C(=O)Cc2ccccc2)c2ccc(O)cc2)cc1. The van der Waals surface area contributed by atoms with Crippen LogP contribution in [-0.2, 0) is 11.2 Å². The minimum Gasteiger partial charge on any atom is -0.508 e. The Morgan fingerprint density at radius 3 is 1.97 bits per heavy atom. The smallest absolute Gasteiger partial charge is 0.251 e. The van der Waals surface area contributed by atoms with Gasteiger partial charge in [-0.15, -0.1) is 0 Å². The number of aromatic hydroxyl groups is 1. The first-order chi connectivity index (χ1) is 16.0. The molecule has 6 heteroatoms. The summed E-state index contributed by atoms with van der Waals surface area (Å²) >= 11 is 0. The lowest BCUT2D eigenvalue weighted by molar-refractivity contribution is -0.117. The van der Waals surface area contributed by atoms with Crippen molar-refractivity contribution in [2.45, 2.75) is 20.3 Å². The third kappa shape index (κ3) is 6.67. The molecule has 172 valence electrons. The van der Waals surface area contributed by atoms with Gasteiger partial charge >= 0.3 is 0 Å². The quantitative estimate of drug-likeness (QED) is 0.486. The zero-order chi connectivity index (χ0) is 23.6. The van der Waals surface area contributed by atoms with Gasteiger partial charge in [0.2, 0.25) is 5.91 Å². The number of hydrogen-bond acceptors (Lipinski definition) is 4. The summed E-state index contributed by atoms with van der Waals surface area (Å²) in [7, 11) is 0. The fraction of sp³-hybridized carbons (Fsp3) is 0.259. The molecule has 3 aromatic carbocycles. The van der Waals surface area contributed by atoms with Crippen LogP contribution in [-0.4, -0.2) is 48.0 Å². The first-order valence-electron chi connectivity index (χ1n) is 11.3. The molecule has 0 aliphatic rings. The predicted molar refractivity (Wildman–Crippen MR) is 132 cm³/mol. The van der Waals surface area contributed by atoms with Crippen LogP contribution >= 0.6 is 0 Å². The van der Waals surface area contributed by atoms with E-state index in [2.05, 4.69) is 24.1 Å². The van der Waals surface area contributed by atoms with Crippen molar-refractivity contribution in [3.05, 3.63) is 90.0 Å². The molecule has 0 bridgehead atoms. The van der Waals surface area contributed by atoms with Crippen LogP contribution in [0.2, 0.25) is 0 Å². The van der Waals surface area contributed by atoms with Crippen LogP contribution in [0.1, 0.15) is 29.8 Å². The van der Waals surface area contributed by atoms with E-state index in [-0.39, 0.29) is 24.0 Å². The Labute approximate surface area is 195 Å². The second-order valence-electron chi connectivity index (χ2n) is 7.74. The van der Waals surface area contributed by atoms with Gasteiger partial charge < -0.3 is 15.3 Å². The molecule has 0 saturated heterocycles. The Bertz CT molecular complexity index is 1030. The number of anilines is 2. The van der Waals surface area contributed by atoms with Crippen molar-refractivity contribution in [3.63, 3.8) is 0 Å². The number of likely N-dealkylation sites (N-methyl/N-ethyl adjacent to an activating group) is 1. The summed E-state index contributed by atoms with van der Waals surface area (Å²) in [5.74, 6) is -0.116. The molecule has 0 spiro atoms. The second-order valence-corrected chi connectivity index (χ2v) is 7.74.